The average Bonchev–Trinajstić information content (AvgIpc) is 2.97. The Labute approximate surface area is 133 Å². The van der Waals surface area contributed by atoms with Crippen molar-refractivity contribution in [3.8, 4) is 0 Å². The van der Waals surface area contributed by atoms with Crippen LogP contribution in [0.15, 0.2) is 29.8 Å². The van der Waals surface area contributed by atoms with Gasteiger partial charge < -0.3 is 5.32 Å². The summed E-state index contributed by atoms with van der Waals surface area (Å²) >= 11 is 1.22. The third-order valence-corrected chi connectivity index (χ3v) is 3.64. The van der Waals surface area contributed by atoms with Crippen molar-refractivity contribution in [3.05, 3.63) is 40.9 Å². The first-order chi connectivity index (χ1) is 10.4. The van der Waals surface area contributed by atoms with Gasteiger partial charge in [-0.1, -0.05) is 44.2 Å². The number of nitrogens with zero attached hydrogens (tertiary/aromatic N) is 2. The number of aromatic nitrogens is 2. The molecule has 6 nitrogen and oxygen atoms in total. The Morgan fingerprint density at radius 3 is 2.41 bits per heavy atom. The van der Waals surface area contributed by atoms with Gasteiger partial charge in [0.1, 0.15) is 5.51 Å². The van der Waals surface area contributed by atoms with Gasteiger partial charge in [-0.2, -0.15) is 0 Å². The van der Waals surface area contributed by atoms with Gasteiger partial charge in [-0.15, -0.1) is 10.2 Å². The number of carbonyl (C=O) groups excluding carboxylic acids is 2. The molecule has 0 aliphatic carbocycles. The molecular weight excluding hydrogens is 300 g/mol. The zero-order valence-corrected chi connectivity index (χ0v) is 13.5. The molecule has 2 amide bonds. The lowest BCUT2D eigenvalue weighted by molar-refractivity contribution is -0.115. The van der Waals surface area contributed by atoms with E-state index in [0.717, 1.165) is 5.56 Å². The van der Waals surface area contributed by atoms with Crippen LogP contribution >= 0.6 is 11.3 Å². The largest absolute Gasteiger partial charge is 0.343 e. The lowest BCUT2D eigenvalue weighted by Crippen LogP contribution is -2.32. The summed E-state index contributed by atoms with van der Waals surface area (Å²) in [7, 11) is 0. The van der Waals surface area contributed by atoms with E-state index in [1.54, 1.807) is 12.1 Å². The predicted octanol–water partition coefficient (Wildman–Crippen LogP) is 2.20. The fourth-order valence-corrected chi connectivity index (χ4v) is 2.24. The molecule has 2 N–H and O–H groups in total. The van der Waals surface area contributed by atoms with Gasteiger partial charge in [0.05, 0.1) is 6.54 Å². The highest BCUT2D eigenvalue weighted by molar-refractivity contribution is 7.13. The number of hydrogen-bond acceptors (Lipinski definition) is 5. The Hall–Kier alpha value is -2.28. The molecule has 0 saturated carbocycles. The normalized spacial score (nSPS) is 11.0. The number of amides is 2. The minimum absolute atomic E-state index is 0.0383. The van der Waals surface area contributed by atoms with E-state index < -0.39 is 0 Å². The first-order valence-electron chi connectivity index (χ1n) is 6.81. The summed E-state index contributed by atoms with van der Waals surface area (Å²) in [6, 6.07) is 7.38. The first kappa shape index (κ1) is 16.1. The highest BCUT2D eigenvalue weighted by Gasteiger charge is 2.14. The minimum atomic E-state index is -0.337. The molecule has 0 bridgehead atoms. The van der Waals surface area contributed by atoms with Crippen molar-refractivity contribution in [2.24, 2.45) is 0 Å². The predicted molar refractivity (Wildman–Crippen MR) is 86.0 cm³/mol. The van der Waals surface area contributed by atoms with Crippen LogP contribution in [-0.4, -0.2) is 28.6 Å². The van der Waals surface area contributed by atoms with Crippen LogP contribution in [-0.2, 0) is 10.2 Å². The summed E-state index contributed by atoms with van der Waals surface area (Å²) in [6.45, 7) is 6.22. The molecule has 0 saturated heterocycles. The van der Waals surface area contributed by atoms with Gasteiger partial charge in [0.2, 0.25) is 11.0 Å². The lowest BCUT2D eigenvalue weighted by atomic mass is 9.87. The maximum atomic E-state index is 12.0. The van der Waals surface area contributed by atoms with E-state index in [1.165, 1.54) is 16.8 Å². The Morgan fingerprint density at radius 1 is 1.18 bits per heavy atom. The number of anilines is 1. The number of benzene rings is 1. The Bertz CT molecular complexity index is 645. The molecule has 0 radical (unpaired) electrons. The molecule has 7 heteroatoms. The molecule has 116 valence electrons. The summed E-state index contributed by atoms with van der Waals surface area (Å²) < 4.78 is 0. The van der Waals surface area contributed by atoms with E-state index >= 15 is 0 Å². The lowest BCUT2D eigenvalue weighted by Gasteiger charge is -2.19. The van der Waals surface area contributed by atoms with Crippen molar-refractivity contribution in [1.29, 1.82) is 0 Å². The molecule has 0 atom stereocenters. The van der Waals surface area contributed by atoms with E-state index in [0.29, 0.717) is 10.7 Å². The van der Waals surface area contributed by atoms with Crippen LogP contribution < -0.4 is 10.6 Å². The fraction of sp³-hybridized carbons (Fsp3) is 0.333. The van der Waals surface area contributed by atoms with Crippen LogP contribution in [0.4, 0.5) is 5.13 Å². The van der Waals surface area contributed by atoms with Gasteiger partial charge in [0, 0.05) is 5.56 Å². The summed E-state index contributed by atoms with van der Waals surface area (Å²) in [5.74, 6) is -0.621. The highest BCUT2D eigenvalue weighted by atomic mass is 32.1. The van der Waals surface area contributed by atoms with Gasteiger partial charge in [0.25, 0.3) is 5.91 Å². The molecule has 22 heavy (non-hydrogen) atoms. The van der Waals surface area contributed by atoms with Crippen LogP contribution in [0.2, 0.25) is 0 Å². The third kappa shape index (κ3) is 4.36. The van der Waals surface area contributed by atoms with Crippen LogP contribution in [0.5, 0.6) is 0 Å². The van der Waals surface area contributed by atoms with Crippen molar-refractivity contribution in [3.63, 3.8) is 0 Å². The van der Waals surface area contributed by atoms with Gasteiger partial charge in [0.15, 0.2) is 0 Å². The third-order valence-electron chi connectivity index (χ3n) is 3.03. The summed E-state index contributed by atoms with van der Waals surface area (Å²) in [5.41, 5.74) is 3.23. The SMILES string of the molecule is CC(C)(C)c1ccc(C(=O)NCC(=O)Nc2nncs2)cc1. The van der Waals surface area contributed by atoms with E-state index in [4.69, 9.17) is 0 Å². The van der Waals surface area contributed by atoms with Crippen molar-refractivity contribution in [1.82, 2.24) is 15.5 Å². The summed E-state index contributed by atoms with van der Waals surface area (Å²) in [6.07, 6.45) is 0. The molecule has 0 aliphatic heterocycles. The zero-order chi connectivity index (χ0) is 16.2. The molecular formula is C15H18N4O2S. The van der Waals surface area contributed by atoms with Gasteiger partial charge >= 0.3 is 0 Å². The highest BCUT2D eigenvalue weighted by Crippen LogP contribution is 2.22. The van der Waals surface area contributed by atoms with Crippen molar-refractivity contribution < 1.29 is 9.59 Å². The molecule has 0 spiro atoms. The van der Waals surface area contributed by atoms with Crippen molar-refractivity contribution in [2.45, 2.75) is 26.2 Å². The molecule has 2 aromatic rings. The quantitative estimate of drug-likeness (QED) is 0.905. The first-order valence-corrected chi connectivity index (χ1v) is 7.69. The monoisotopic (exact) mass is 318 g/mol. The minimum Gasteiger partial charge on any atom is -0.343 e. The van der Waals surface area contributed by atoms with Gasteiger partial charge in [-0.3, -0.25) is 14.9 Å². The number of rotatable bonds is 4. The second-order valence-electron chi connectivity index (χ2n) is 5.80. The zero-order valence-electron chi connectivity index (χ0n) is 12.7. The molecule has 1 aromatic carbocycles. The second kappa shape index (κ2) is 6.65. The topological polar surface area (TPSA) is 84.0 Å². The van der Waals surface area contributed by atoms with Crippen LogP contribution in [0.1, 0.15) is 36.7 Å². The Balaban J connectivity index is 1.88. The van der Waals surface area contributed by atoms with Crippen molar-refractivity contribution >= 4 is 28.3 Å². The van der Waals surface area contributed by atoms with E-state index in [9.17, 15) is 9.59 Å². The van der Waals surface area contributed by atoms with E-state index in [1.807, 2.05) is 12.1 Å². The number of nitrogens with one attached hydrogen (secondary N) is 2. The van der Waals surface area contributed by atoms with Crippen LogP contribution in [0.3, 0.4) is 0 Å². The second-order valence-corrected chi connectivity index (χ2v) is 6.64. The number of carbonyl (C=O) groups is 2. The average molecular weight is 318 g/mol. The van der Waals surface area contributed by atoms with Gasteiger partial charge in [-0.05, 0) is 23.1 Å². The Kier molecular flexibility index (Phi) is 4.87. The standard InChI is InChI=1S/C15H18N4O2S/c1-15(2,3)11-6-4-10(5-7-11)13(21)16-8-12(20)18-14-19-17-9-22-14/h4-7,9H,8H2,1-3H3,(H,16,21)(H,18,19,20). The Morgan fingerprint density at radius 2 is 1.86 bits per heavy atom. The maximum Gasteiger partial charge on any atom is 0.251 e. The fourth-order valence-electron chi connectivity index (χ4n) is 1.78. The van der Waals surface area contributed by atoms with Crippen LogP contribution in [0, 0.1) is 0 Å². The van der Waals surface area contributed by atoms with Crippen molar-refractivity contribution in [2.75, 3.05) is 11.9 Å². The molecule has 0 fully saturated rings. The molecule has 0 aliphatic rings. The van der Waals surface area contributed by atoms with Gasteiger partial charge in [-0.25, -0.2) is 0 Å². The number of hydrogen-bond donors (Lipinski definition) is 2. The molecule has 0 unspecified atom stereocenters. The summed E-state index contributed by atoms with van der Waals surface area (Å²) in [5, 5.41) is 12.8. The van der Waals surface area contributed by atoms with E-state index in [2.05, 4.69) is 41.6 Å². The van der Waals surface area contributed by atoms with E-state index in [-0.39, 0.29) is 23.8 Å². The smallest absolute Gasteiger partial charge is 0.251 e. The maximum absolute atomic E-state index is 12.0. The summed E-state index contributed by atoms with van der Waals surface area (Å²) in [4.78, 5) is 23.6. The molecule has 1 heterocycles. The molecule has 2 rings (SSSR count). The van der Waals surface area contributed by atoms with Crippen LogP contribution in [0.25, 0.3) is 0 Å². The molecule has 1 aromatic heterocycles.